The van der Waals surface area contributed by atoms with E-state index in [0.29, 0.717) is 10.4 Å². The number of tetrazole rings is 1. The van der Waals surface area contributed by atoms with Gasteiger partial charge < -0.3 is 10.6 Å². The Morgan fingerprint density at radius 3 is 2.46 bits per heavy atom. The molecule has 12 nitrogen and oxygen atoms in total. The molecule has 16 heteroatoms. The minimum atomic E-state index is -4.79. The predicted octanol–water partition coefficient (Wildman–Crippen LogP) is 4.61. The maximum atomic E-state index is 13.7. The molecule has 41 heavy (non-hydrogen) atoms. The molecule has 0 saturated heterocycles. The summed E-state index contributed by atoms with van der Waals surface area (Å²) in [4.78, 5) is 35.0. The van der Waals surface area contributed by atoms with Crippen LogP contribution in [0.2, 0.25) is 5.02 Å². The number of aromatic nitrogens is 7. The van der Waals surface area contributed by atoms with Crippen molar-refractivity contribution in [3.8, 4) is 5.82 Å². The molecule has 0 bridgehead atoms. The highest BCUT2D eigenvalue weighted by atomic mass is 35.5. The molecule has 0 saturated carbocycles. The van der Waals surface area contributed by atoms with Crippen LogP contribution in [0.4, 0.5) is 24.5 Å². The summed E-state index contributed by atoms with van der Waals surface area (Å²) in [6.07, 6.45) is -3.37. The van der Waals surface area contributed by atoms with Gasteiger partial charge in [0.05, 0.1) is 28.5 Å². The number of rotatable bonds is 6. The maximum Gasteiger partial charge on any atom is 0.455 e. The molecule has 0 fully saturated rings. The average molecular weight is 587 g/mol. The summed E-state index contributed by atoms with van der Waals surface area (Å²) in [7, 11) is 0. The molecule has 0 radical (unpaired) electrons. The number of aryl methyl sites for hydroxylation is 1. The van der Waals surface area contributed by atoms with Crippen LogP contribution in [0.5, 0.6) is 0 Å². The lowest BCUT2D eigenvalue weighted by Crippen LogP contribution is -2.41. The summed E-state index contributed by atoms with van der Waals surface area (Å²) in [5, 5.41) is 19.7. The number of carbonyl (C=O) groups is 2. The number of halogens is 4. The van der Waals surface area contributed by atoms with Gasteiger partial charge in [0, 0.05) is 11.7 Å². The lowest BCUT2D eigenvalue weighted by molar-refractivity contribution is -0.145. The van der Waals surface area contributed by atoms with E-state index in [2.05, 4.69) is 41.0 Å². The van der Waals surface area contributed by atoms with E-state index in [1.165, 1.54) is 30.5 Å². The number of nitrogens with one attached hydrogen (secondary N) is 2. The number of benzene rings is 1. The Balaban J connectivity index is 1.76. The van der Waals surface area contributed by atoms with Crippen LogP contribution in [0.25, 0.3) is 10.7 Å². The largest absolute Gasteiger partial charge is 0.455 e. The van der Waals surface area contributed by atoms with Crippen molar-refractivity contribution in [1.82, 2.24) is 40.3 Å². The van der Waals surface area contributed by atoms with E-state index in [-0.39, 0.29) is 45.7 Å². The van der Waals surface area contributed by atoms with Crippen molar-refractivity contribution in [2.75, 3.05) is 5.32 Å². The highest BCUT2D eigenvalue weighted by Gasteiger charge is 2.37. The van der Waals surface area contributed by atoms with Crippen molar-refractivity contribution in [2.45, 2.75) is 46.0 Å². The second-order valence-corrected chi connectivity index (χ2v) is 10.2. The lowest BCUT2D eigenvalue weighted by Gasteiger charge is -2.22. The summed E-state index contributed by atoms with van der Waals surface area (Å²) in [6, 6.07) is 7.27. The van der Waals surface area contributed by atoms with Crippen LogP contribution in [0.1, 0.15) is 58.7 Å². The molecule has 0 spiro atoms. The highest BCUT2D eigenvalue weighted by Crippen LogP contribution is 2.29. The SMILES string of the molecule is [C-]#[N+]c1cc(C)c(NC(=O)c2cc(Cn3nnc(C(F)(F)F)n3)nn2-c2ncccc2Cl)c(C(=O)NC(C)(C)C)c1. The topological polar surface area (TPSA) is 137 Å². The lowest BCUT2D eigenvalue weighted by atomic mass is 10.0. The van der Waals surface area contributed by atoms with E-state index in [4.69, 9.17) is 18.2 Å². The van der Waals surface area contributed by atoms with Crippen molar-refractivity contribution in [3.63, 3.8) is 0 Å². The molecule has 1 aromatic carbocycles. The Morgan fingerprint density at radius 1 is 1.12 bits per heavy atom. The molecule has 0 aliphatic rings. The quantitative estimate of drug-likeness (QED) is 0.315. The second kappa shape index (κ2) is 11.0. The zero-order chi connectivity index (χ0) is 30.1. The van der Waals surface area contributed by atoms with Crippen molar-refractivity contribution in [2.24, 2.45) is 0 Å². The van der Waals surface area contributed by atoms with Gasteiger partial charge in [0.2, 0.25) is 0 Å². The van der Waals surface area contributed by atoms with Crippen LogP contribution < -0.4 is 10.6 Å². The van der Waals surface area contributed by atoms with Gasteiger partial charge in [-0.15, -0.1) is 10.2 Å². The summed E-state index contributed by atoms with van der Waals surface area (Å²) in [6.45, 7) is 14.0. The second-order valence-electron chi connectivity index (χ2n) is 9.84. The smallest absolute Gasteiger partial charge is 0.347 e. The molecule has 4 aromatic rings. The van der Waals surface area contributed by atoms with E-state index in [9.17, 15) is 22.8 Å². The summed E-state index contributed by atoms with van der Waals surface area (Å²) in [5.41, 5.74) is 0.239. The minimum Gasteiger partial charge on any atom is -0.347 e. The maximum absolute atomic E-state index is 13.7. The van der Waals surface area contributed by atoms with Gasteiger partial charge in [-0.25, -0.2) is 14.5 Å². The Labute approximate surface area is 236 Å². The molecule has 3 aromatic heterocycles. The third-order valence-corrected chi connectivity index (χ3v) is 5.66. The molecule has 0 atom stereocenters. The number of anilines is 1. The van der Waals surface area contributed by atoms with Crippen LogP contribution in [-0.4, -0.2) is 52.3 Å². The first kappa shape index (κ1) is 29.2. The Bertz CT molecular complexity index is 1680. The fourth-order valence-electron chi connectivity index (χ4n) is 3.70. The molecule has 2 N–H and O–H groups in total. The molecule has 4 rings (SSSR count). The Hall–Kier alpha value is -4.84. The first-order valence-corrected chi connectivity index (χ1v) is 12.2. The molecule has 0 aliphatic carbocycles. The number of alkyl halides is 3. The fourth-order valence-corrected chi connectivity index (χ4v) is 3.90. The zero-order valence-electron chi connectivity index (χ0n) is 22.1. The summed E-state index contributed by atoms with van der Waals surface area (Å²) < 4.78 is 39.9. The molecule has 0 unspecified atom stereocenters. The number of hydrogen-bond donors (Lipinski definition) is 2. The van der Waals surface area contributed by atoms with Gasteiger partial charge in [-0.1, -0.05) is 17.7 Å². The first-order chi connectivity index (χ1) is 19.2. The number of amides is 2. The van der Waals surface area contributed by atoms with Crippen LogP contribution in [0, 0.1) is 13.5 Å². The average Bonchev–Trinajstić information content (AvgIpc) is 3.52. The molecule has 0 aliphatic heterocycles. The normalized spacial score (nSPS) is 11.7. The van der Waals surface area contributed by atoms with Crippen molar-refractivity contribution >= 4 is 34.8 Å². The number of pyridine rings is 1. The fraction of sp³-hybridized carbons (Fsp3) is 0.280. The van der Waals surface area contributed by atoms with Crippen LogP contribution in [-0.2, 0) is 12.7 Å². The molecular weight excluding hydrogens is 565 g/mol. The first-order valence-electron chi connectivity index (χ1n) is 11.9. The highest BCUT2D eigenvalue weighted by molar-refractivity contribution is 6.32. The third-order valence-electron chi connectivity index (χ3n) is 5.36. The van der Waals surface area contributed by atoms with Crippen molar-refractivity contribution in [1.29, 1.82) is 0 Å². The van der Waals surface area contributed by atoms with Gasteiger partial charge in [-0.2, -0.15) is 23.1 Å². The van der Waals surface area contributed by atoms with Gasteiger partial charge in [-0.05, 0) is 62.7 Å². The van der Waals surface area contributed by atoms with Crippen LogP contribution >= 0.6 is 11.6 Å². The number of nitrogens with zero attached hydrogens (tertiary/aromatic N) is 8. The van der Waals surface area contributed by atoms with Gasteiger partial charge in [0.25, 0.3) is 17.6 Å². The summed E-state index contributed by atoms with van der Waals surface area (Å²) >= 11 is 6.30. The van der Waals surface area contributed by atoms with E-state index >= 15 is 0 Å². The minimum absolute atomic E-state index is 0.0629. The molecule has 2 amide bonds. The van der Waals surface area contributed by atoms with Gasteiger partial charge >= 0.3 is 6.18 Å². The molecule has 212 valence electrons. The molecular formula is C25H22ClF3N10O2. The standard InChI is InChI=1S/C25H22ClF3N10O2/c1-13-9-14(30-5)10-16(21(40)33-24(2,3)4)19(13)32-22(41)18-11-15(12-38-36-23(34-37-38)25(27,28)29)35-39(18)20-17(26)7-6-8-31-20/h6-11H,12H2,1-4H3,(H,32,41)(H,33,40). The van der Waals surface area contributed by atoms with Crippen LogP contribution in [0.3, 0.4) is 0 Å². The van der Waals surface area contributed by atoms with Crippen molar-refractivity contribution < 1.29 is 22.8 Å². The van der Waals surface area contributed by atoms with E-state index in [1.54, 1.807) is 33.8 Å². The van der Waals surface area contributed by atoms with Crippen LogP contribution in [0.15, 0.2) is 36.5 Å². The van der Waals surface area contributed by atoms with Gasteiger partial charge in [-0.3, -0.25) is 9.59 Å². The van der Waals surface area contributed by atoms with E-state index in [0.717, 1.165) is 4.68 Å². The van der Waals surface area contributed by atoms with Gasteiger partial charge in [0.15, 0.2) is 11.5 Å². The van der Waals surface area contributed by atoms with E-state index < -0.39 is 29.4 Å². The molecule has 3 heterocycles. The number of carbonyl (C=O) groups excluding carboxylic acids is 2. The predicted molar refractivity (Wildman–Crippen MR) is 141 cm³/mol. The summed E-state index contributed by atoms with van der Waals surface area (Å²) in [5.74, 6) is -2.61. The Kier molecular flexibility index (Phi) is 7.80. The third kappa shape index (κ3) is 6.67. The Morgan fingerprint density at radius 2 is 1.85 bits per heavy atom. The van der Waals surface area contributed by atoms with Crippen molar-refractivity contribution in [3.05, 3.63) is 81.3 Å². The zero-order valence-corrected chi connectivity index (χ0v) is 22.8. The van der Waals surface area contributed by atoms with Gasteiger partial charge in [0.1, 0.15) is 12.2 Å². The van der Waals surface area contributed by atoms with E-state index in [1.807, 2.05) is 0 Å². The monoisotopic (exact) mass is 586 g/mol. The number of hydrogen-bond acceptors (Lipinski definition) is 7.